The number of anilines is 2. The number of carbonyl (C=O) groups is 2. The Labute approximate surface area is 165 Å². The van der Waals surface area contributed by atoms with E-state index in [-0.39, 0.29) is 16.6 Å². The molecule has 0 bridgehead atoms. The number of amides is 1. The Balaban J connectivity index is 2.12. The summed E-state index contributed by atoms with van der Waals surface area (Å²) < 4.78 is 26.0. The van der Waals surface area contributed by atoms with Gasteiger partial charge in [-0.05, 0) is 62.7 Å². The van der Waals surface area contributed by atoms with Gasteiger partial charge in [0.15, 0.2) is 5.78 Å². The Hall–Kier alpha value is -2.71. The number of hydrogen-bond donors (Lipinski definition) is 2. The average Bonchev–Trinajstić information content (AvgIpc) is 2.63. The van der Waals surface area contributed by atoms with Crippen LogP contribution in [0.3, 0.4) is 0 Å². The second-order valence-corrected chi connectivity index (χ2v) is 8.88. The van der Waals surface area contributed by atoms with Gasteiger partial charge in [0.05, 0.1) is 4.90 Å². The van der Waals surface area contributed by atoms with Crippen molar-refractivity contribution in [1.82, 2.24) is 4.31 Å². The van der Waals surface area contributed by atoms with Crippen LogP contribution in [0.5, 0.6) is 0 Å². The molecule has 0 saturated carbocycles. The number of rotatable bonds is 7. The van der Waals surface area contributed by atoms with E-state index in [0.29, 0.717) is 22.5 Å². The maximum absolute atomic E-state index is 12.4. The minimum Gasteiger partial charge on any atom is -0.374 e. The molecule has 2 aromatic rings. The highest BCUT2D eigenvalue weighted by molar-refractivity contribution is 7.89. The summed E-state index contributed by atoms with van der Waals surface area (Å²) in [5.74, 6) is -0.330. The Morgan fingerprint density at radius 1 is 1.00 bits per heavy atom. The average molecular weight is 404 g/mol. The molecule has 28 heavy (non-hydrogen) atoms. The van der Waals surface area contributed by atoms with Gasteiger partial charge in [-0.1, -0.05) is 6.07 Å². The van der Waals surface area contributed by atoms with Crippen molar-refractivity contribution in [2.75, 3.05) is 24.7 Å². The molecule has 0 saturated heterocycles. The summed E-state index contributed by atoms with van der Waals surface area (Å²) in [7, 11) is -0.632. The van der Waals surface area contributed by atoms with Gasteiger partial charge in [-0.15, -0.1) is 0 Å². The van der Waals surface area contributed by atoms with Gasteiger partial charge in [0, 0.05) is 31.0 Å². The first-order valence-electron chi connectivity index (χ1n) is 8.74. The lowest BCUT2D eigenvalue weighted by molar-refractivity contribution is -0.116. The number of Topliss-reactive ketones (excluding diaryl/α,β-unsaturated/α-hetero) is 1. The fourth-order valence-electron chi connectivity index (χ4n) is 2.52. The van der Waals surface area contributed by atoms with E-state index in [1.165, 1.54) is 27.1 Å². The third-order valence-electron chi connectivity index (χ3n) is 4.28. The van der Waals surface area contributed by atoms with Crippen LogP contribution in [-0.2, 0) is 14.8 Å². The summed E-state index contributed by atoms with van der Waals surface area (Å²) in [6.07, 6.45) is 0. The topological polar surface area (TPSA) is 95.6 Å². The maximum Gasteiger partial charge on any atom is 0.246 e. The van der Waals surface area contributed by atoms with E-state index >= 15 is 0 Å². The summed E-state index contributed by atoms with van der Waals surface area (Å²) >= 11 is 0. The molecular formula is C20H25N3O4S. The number of hydrogen-bond acceptors (Lipinski definition) is 5. The standard InChI is InChI=1S/C20H25N3O4S/c1-13-6-9-18(12-19(13)28(26,27)23(4)5)21-14(2)20(25)22-17-10-7-16(8-11-17)15(3)24/h6-12,14,21H,1-5H3,(H,22,25)/t14-/m0/s1. The third-order valence-corrected chi connectivity index (χ3v) is 6.24. The number of sulfonamides is 1. The van der Waals surface area contributed by atoms with Crippen molar-refractivity contribution < 1.29 is 18.0 Å². The molecule has 8 heteroatoms. The molecule has 2 N–H and O–H groups in total. The van der Waals surface area contributed by atoms with Crippen LogP contribution in [0.2, 0.25) is 0 Å². The molecule has 0 aliphatic rings. The normalized spacial score (nSPS) is 12.5. The first kappa shape index (κ1) is 21.6. The maximum atomic E-state index is 12.4. The first-order valence-corrected chi connectivity index (χ1v) is 10.2. The van der Waals surface area contributed by atoms with Crippen LogP contribution < -0.4 is 10.6 Å². The van der Waals surface area contributed by atoms with Gasteiger partial charge in [0.2, 0.25) is 15.9 Å². The molecule has 1 amide bonds. The van der Waals surface area contributed by atoms with E-state index in [4.69, 9.17) is 0 Å². The van der Waals surface area contributed by atoms with Gasteiger partial charge in [-0.3, -0.25) is 9.59 Å². The lowest BCUT2D eigenvalue weighted by atomic mass is 10.1. The highest BCUT2D eigenvalue weighted by atomic mass is 32.2. The molecule has 150 valence electrons. The quantitative estimate of drug-likeness (QED) is 0.693. The van der Waals surface area contributed by atoms with Crippen molar-refractivity contribution in [3.05, 3.63) is 53.6 Å². The number of benzene rings is 2. The molecule has 7 nitrogen and oxygen atoms in total. The van der Waals surface area contributed by atoms with Crippen LogP contribution in [0.25, 0.3) is 0 Å². The van der Waals surface area contributed by atoms with Crippen LogP contribution >= 0.6 is 0 Å². The van der Waals surface area contributed by atoms with Crippen molar-refractivity contribution >= 4 is 33.1 Å². The Kier molecular flexibility index (Phi) is 6.58. The lowest BCUT2D eigenvalue weighted by Gasteiger charge is -2.18. The number of ketones is 1. The molecule has 2 rings (SSSR count). The van der Waals surface area contributed by atoms with Crippen molar-refractivity contribution in [2.45, 2.75) is 31.7 Å². The smallest absolute Gasteiger partial charge is 0.246 e. The monoisotopic (exact) mass is 403 g/mol. The highest BCUT2D eigenvalue weighted by Crippen LogP contribution is 2.23. The van der Waals surface area contributed by atoms with E-state index in [0.717, 1.165) is 4.31 Å². The van der Waals surface area contributed by atoms with Crippen molar-refractivity contribution in [1.29, 1.82) is 0 Å². The fraction of sp³-hybridized carbons (Fsp3) is 0.300. The summed E-state index contributed by atoms with van der Waals surface area (Å²) in [4.78, 5) is 23.9. The molecule has 0 spiro atoms. The molecule has 2 aromatic carbocycles. The van der Waals surface area contributed by atoms with E-state index in [2.05, 4.69) is 10.6 Å². The third kappa shape index (κ3) is 4.96. The predicted octanol–water partition coefficient (Wildman–Crippen LogP) is 2.89. The van der Waals surface area contributed by atoms with Crippen molar-refractivity contribution in [2.24, 2.45) is 0 Å². The minimum absolute atomic E-state index is 0.0456. The molecular weight excluding hydrogens is 378 g/mol. The van der Waals surface area contributed by atoms with Gasteiger partial charge in [-0.2, -0.15) is 0 Å². The largest absolute Gasteiger partial charge is 0.374 e. The Bertz CT molecular complexity index is 983. The van der Waals surface area contributed by atoms with Gasteiger partial charge >= 0.3 is 0 Å². The minimum atomic E-state index is -3.58. The number of aryl methyl sites for hydroxylation is 1. The SMILES string of the molecule is CC(=O)c1ccc(NC(=O)[C@H](C)Nc2ccc(C)c(S(=O)(=O)N(C)C)c2)cc1. The second kappa shape index (κ2) is 8.53. The molecule has 1 atom stereocenters. The van der Waals surface area contributed by atoms with E-state index < -0.39 is 16.1 Å². The zero-order valence-electron chi connectivity index (χ0n) is 16.6. The molecule has 0 aromatic heterocycles. The fourth-order valence-corrected chi connectivity index (χ4v) is 3.66. The van der Waals surface area contributed by atoms with Gasteiger partial charge in [0.25, 0.3) is 0 Å². The molecule has 0 radical (unpaired) electrons. The second-order valence-electron chi connectivity index (χ2n) is 6.76. The van der Waals surface area contributed by atoms with Crippen molar-refractivity contribution in [3.63, 3.8) is 0 Å². The lowest BCUT2D eigenvalue weighted by Crippen LogP contribution is -2.32. The van der Waals surface area contributed by atoms with Crippen LogP contribution in [0.15, 0.2) is 47.4 Å². The zero-order valence-corrected chi connectivity index (χ0v) is 17.4. The van der Waals surface area contributed by atoms with Crippen LogP contribution in [0.4, 0.5) is 11.4 Å². The van der Waals surface area contributed by atoms with E-state index in [1.807, 2.05) is 0 Å². The number of nitrogens with zero attached hydrogens (tertiary/aromatic N) is 1. The van der Waals surface area contributed by atoms with Crippen LogP contribution in [0, 0.1) is 6.92 Å². The zero-order chi connectivity index (χ0) is 21.1. The molecule has 0 unspecified atom stereocenters. The van der Waals surface area contributed by atoms with E-state index in [9.17, 15) is 18.0 Å². The van der Waals surface area contributed by atoms with Crippen molar-refractivity contribution in [3.8, 4) is 0 Å². The van der Waals surface area contributed by atoms with Crippen LogP contribution in [0.1, 0.15) is 29.8 Å². The van der Waals surface area contributed by atoms with Gasteiger partial charge in [0.1, 0.15) is 6.04 Å². The molecule has 0 aliphatic carbocycles. The Morgan fingerprint density at radius 2 is 1.57 bits per heavy atom. The van der Waals surface area contributed by atoms with Gasteiger partial charge < -0.3 is 10.6 Å². The summed E-state index contributed by atoms with van der Waals surface area (Å²) in [6, 6.07) is 11.0. The van der Waals surface area contributed by atoms with E-state index in [1.54, 1.807) is 50.2 Å². The number of carbonyl (C=O) groups excluding carboxylic acids is 2. The summed E-state index contributed by atoms with van der Waals surface area (Å²) in [6.45, 7) is 4.88. The molecule has 0 heterocycles. The van der Waals surface area contributed by atoms with Gasteiger partial charge in [-0.25, -0.2) is 12.7 Å². The predicted molar refractivity (Wildman–Crippen MR) is 110 cm³/mol. The summed E-state index contributed by atoms with van der Waals surface area (Å²) in [5, 5.41) is 5.78. The first-order chi connectivity index (χ1) is 13.0. The highest BCUT2D eigenvalue weighted by Gasteiger charge is 2.21. The molecule has 0 fully saturated rings. The summed E-state index contributed by atoms with van der Waals surface area (Å²) in [5.41, 5.74) is 2.30. The Morgan fingerprint density at radius 3 is 2.11 bits per heavy atom. The molecule has 0 aliphatic heterocycles. The number of nitrogens with one attached hydrogen (secondary N) is 2. The van der Waals surface area contributed by atoms with Crippen LogP contribution in [-0.4, -0.2) is 44.6 Å².